The van der Waals surface area contributed by atoms with Crippen LogP contribution in [-0.4, -0.2) is 22.3 Å². The van der Waals surface area contributed by atoms with E-state index in [1.54, 1.807) is 0 Å². The molecule has 0 radical (unpaired) electrons. The Morgan fingerprint density at radius 2 is 1.67 bits per heavy atom. The van der Waals surface area contributed by atoms with Crippen molar-refractivity contribution in [3.8, 4) is 11.1 Å². The molecule has 150 valence electrons. The first-order valence-corrected chi connectivity index (χ1v) is 10.7. The summed E-state index contributed by atoms with van der Waals surface area (Å²) < 4.78 is 0. The first-order valence-electron chi connectivity index (χ1n) is 10.7. The van der Waals surface area contributed by atoms with E-state index in [0.29, 0.717) is 6.54 Å². The van der Waals surface area contributed by atoms with Gasteiger partial charge in [0.15, 0.2) is 0 Å². The fourth-order valence-electron chi connectivity index (χ4n) is 4.43. The molecular weight excluding hydrogens is 368 g/mol. The summed E-state index contributed by atoms with van der Waals surface area (Å²) in [5.74, 6) is 0.106. The second kappa shape index (κ2) is 7.49. The number of amides is 1. The van der Waals surface area contributed by atoms with Gasteiger partial charge in [-0.25, -0.2) is 0 Å². The molecule has 1 amide bonds. The number of aromatic amines is 1. The number of benzene rings is 3. The molecule has 1 aromatic heterocycles. The Morgan fingerprint density at radius 3 is 2.37 bits per heavy atom. The van der Waals surface area contributed by atoms with E-state index in [9.17, 15) is 4.79 Å². The van der Waals surface area contributed by atoms with E-state index >= 15 is 0 Å². The van der Waals surface area contributed by atoms with E-state index in [4.69, 9.17) is 0 Å². The Balaban J connectivity index is 1.36. The lowest BCUT2D eigenvalue weighted by molar-refractivity contribution is 0.0735. The highest BCUT2D eigenvalue weighted by Crippen LogP contribution is 2.29. The van der Waals surface area contributed by atoms with Crippen LogP contribution in [0.3, 0.4) is 0 Å². The number of fused-ring (bicyclic) bond motifs is 3. The number of rotatable bonds is 3. The molecule has 0 spiro atoms. The second-order valence-electron chi connectivity index (χ2n) is 8.24. The molecule has 3 aromatic carbocycles. The first kappa shape index (κ1) is 18.7. The van der Waals surface area contributed by atoms with Crippen molar-refractivity contribution in [1.82, 2.24) is 9.88 Å². The zero-order chi connectivity index (χ0) is 20.7. The van der Waals surface area contributed by atoms with Gasteiger partial charge in [-0.15, -0.1) is 0 Å². The number of H-pyrrole nitrogens is 1. The van der Waals surface area contributed by atoms with E-state index in [1.165, 1.54) is 38.9 Å². The summed E-state index contributed by atoms with van der Waals surface area (Å²) in [6.07, 6.45) is 1.91. The summed E-state index contributed by atoms with van der Waals surface area (Å²) in [6, 6.07) is 23.2. The Morgan fingerprint density at radius 1 is 0.967 bits per heavy atom. The summed E-state index contributed by atoms with van der Waals surface area (Å²) in [4.78, 5) is 18.7. The van der Waals surface area contributed by atoms with Crippen molar-refractivity contribution in [2.75, 3.05) is 6.54 Å². The van der Waals surface area contributed by atoms with Crippen molar-refractivity contribution in [3.63, 3.8) is 0 Å². The van der Waals surface area contributed by atoms with Gasteiger partial charge in [-0.1, -0.05) is 55.5 Å². The lowest BCUT2D eigenvalue weighted by Crippen LogP contribution is -2.35. The minimum atomic E-state index is 0.106. The highest BCUT2D eigenvalue weighted by molar-refractivity contribution is 5.95. The summed E-state index contributed by atoms with van der Waals surface area (Å²) >= 11 is 0. The predicted molar refractivity (Wildman–Crippen MR) is 123 cm³/mol. The maximum absolute atomic E-state index is 13.2. The lowest BCUT2D eigenvalue weighted by Gasteiger charge is -2.27. The minimum Gasteiger partial charge on any atom is -0.358 e. The van der Waals surface area contributed by atoms with Gasteiger partial charge in [-0.05, 0) is 53.8 Å². The summed E-state index contributed by atoms with van der Waals surface area (Å²) in [7, 11) is 0. The van der Waals surface area contributed by atoms with Crippen LogP contribution in [0.5, 0.6) is 0 Å². The zero-order valence-electron chi connectivity index (χ0n) is 17.5. The van der Waals surface area contributed by atoms with Gasteiger partial charge in [-0.2, -0.15) is 0 Å². The van der Waals surface area contributed by atoms with Crippen LogP contribution >= 0.6 is 0 Å². The third kappa shape index (κ3) is 3.30. The molecule has 2 heterocycles. The van der Waals surface area contributed by atoms with E-state index in [1.807, 2.05) is 17.0 Å². The Labute approximate surface area is 177 Å². The fraction of sp³-hybridized carbons (Fsp3) is 0.222. The summed E-state index contributed by atoms with van der Waals surface area (Å²) in [5, 5.41) is 1.24. The van der Waals surface area contributed by atoms with Crippen LogP contribution in [0.15, 0.2) is 66.7 Å². The van der Waals surface area contributed by atoms with Gasteiger partial charge in [0.25, 0.3) is 5.91 Å². The lowest BCUT2D eigenvalue weighted by atomic mass is 10.0. The van der Waals surface area contributed by atoms with Crippen LogP contribution in [0.1, 0.15) is 39.7 Å². The molecule has 1 N–H and O–H groups in total. The van der Waals surface area contributed by atoms with Crippen molar-refractivity contribution in [3.05, 3.63) is 94.7 Å². The monoisotopic (exact) mass is 394 g/mol. The molecule has 1 aliphatic rings. The quantitative estimate of drug-likeness (QED) is 0.461. The van der Waals surface area contributed by atoms with Crippen molar-refractivity contribution >= 4 is 16.8 Å². The third-order valence-corrected chi connectivity index (χ3v) is 6.25. The maximum Gasteiger partial charge on any atom is 0.254 e. The van der Waals surface area contributed by atoms with Gasteiger partial charge in [-0.3, -0.25) is 4.79 Å². The molecule has 3 nitrogen and oxygen atoms in total. The molecule has 1 aliphatic heterocycles. The van der Waals surface area contributed by atoms with Crippen molar-refractivity contribution in [2.24, 2.45) is 0 Å². The van der Waals surface area contributed by atoms with Gasteiger partial charge >= 0.3 is 0 Å². The highest BCUT2D eigenvalue weighted by atomic mass is 16.2. The van der Waals surface area contributed by atoms with Crippen molar-refractivity contribution in [1.29, 1.82) is 0 Å². The van der Waals surface area contributed by atoms with Gasteiger partial charge < -0.3 is 9.88 Å². The molecule has 0 saturated heterocycles. The molecule has 0 fully saturated rings. The van der Waals surface area contributed by atoms with Gasteiger partial charge in [0, 0.05) is 47.2 Å². The van der Waals surface area contributed by atoms with E-state index in [0.717, 1.165) is 30.5 Å². The standard InChI is InChI=1S/C27H26N2O/c1-3-19-5-7-20(8-6-19)21-9-11-22(12-10-21)27(30)29-15-14-25-24(17-29)23-13-4-18(2)16-26(23)28-25/h4-13,16,28H,3,14-15,17H2,1-2H3. The molecule has 0 aliphatic carbocycles. The Bertz CT molecular complexity index is 1220. The average molecular weight is 395 g/mol. The molecule has 30 heavy (non-hydrogen) atoms. The van der Waals surface area contributed by atoms with Crippen LogP contribution in [0, 0.1) is 6.92 Å². The number of carbonyl (C=O) groups is 1. The Hall–Kier alpha value is -3.33. The normalized spacial score (nSPS) is 13.5. The Kier molecular flexibility index (Phi) is 4.66. The highest BCUT2D eigenvalue weighted by Gasteiger charge is 2.24. The molecule has 4 aromatic rings. The molecular formula is C27H26N2O. The molecule has 0 bridgehead atoms. The second-order valence-corrected chi connectivity index (χ2v) is 8.24. The van der Waals surface area contributed by atoms with Crippen LogP contribution in [0.25, 0.3) is 22.0 Å². The van der Waals surface area contributed by atoms with Gasteiger partial charge in [0.1, 0.15) is 0 Å². The summed E-state index contributed by atoms with van der Waals surface area (Å²) in [6.45, 7) is 5.68. The minimum absolute atomic E-state index is 0.106. The number of hydrogen-bond donors (Lipinski definition) is 1. The molecule has 0 atom stereocenters. The largest absolute Gasteiger partial charge is 0.358 e. The third-order valence-electron chi connectivity index (χ3n) is 6.25. The number of aromatic nitrogens is 1. The van der Waals surface area contributed by atoms with E-state index < -0.39 is 0 Å². The zero-order valence-corrected chi connectivity index (χ0v) is 17.5. The van der Waals surface area contributed by atoms with Crippen molar-refractivity contribution in [2.45, 2.75) is 33.2 Å². The van der Waals surface area contributed by atoms with Gasteiger partial charge in [0.05, 0.1) is 0 Å². The molecule has 3 heteroatoms. The first-order chi connectivity index (χ1) is 14.6. The molecule has 5 rings (SSSR count). The van der Waals surface area contributed by atoms with Crippen LogP contribution in [0.2, 0.25) is 0 Å². The van der Waals surface area contributed by atoms with Gasteiger partial charge in [0.2, 0.25) is 0 Å². The van der Waals surface area contributed by atoms with Crippen LogP contribution < -0.4 is 0 Å². The van der Waals surface area contributed by atoms with Crippen molar-refractivity contribution < 1.29 is 4.79 Å². The summed E-state index contributed by atoms with van der Waals surface area (Å²) in [5.41, 5.74) is 9.37. The molecule has 0 saturated carbocycles. The SMILES string of the molecule is CCc1ccc(-c2ccc(C(=O)N3CCc4[nH]c5cc(C)ccc5c4C3)cc2)cc1. The number of hydrogen-bond acceptors (Lipinski definition) is 1. The topological polar surface area (TPSA) is 36.1 Å². The molecule has 0 unspecified atom stereocenters. The number of aryl methyl sites for hydroxylation is 2. The average Bonchev–Trinajstić information content (AvgIpc) is 3.15. The maximum atomic E-state index is 13.2. The number of carbonyl (C=O) groups excluding carboxylic acids is 1. The van der Waals surface area contributed by atoms with Crippen LogP contribution in [-0.2, 0) is 19.4 Å². The van der Waals surface area contributed by atoms with E-state index in [2.05, 4.69) is 73.4 Å². The number of nitrogens with zero attached hydrogens (tertiary/aromatic N) is 1. The number of nitrogens with one attached hydrogen (secondary N) is 1. The van der Waals surface area contributed by atoms with Crippen LogP contribution in [0.4, 0.5) is 0 Å². The van der Waals surface area contributed by atoms with E-state index in [-0.39, 0.29) is 5.91 Å². The predicted octanol–water partition coefficient (Wildman–Crippen LogP) is 5.90. The fourth-order valence-corrected chi connectivity index (χ4v) is 4.43. The smallest absolute Gasteiger partial charge is 0.254 e.